The molecular weight excluding hydrogens is 299 g/mol. The van der Waals surface area contributed by atoms with Crippen LogP contribution in [0.1, 0.15) is 10.4 Å². The van der Waals surface area contributed by atoms with Crippen molar-refractivity contribution in [3.8, 4) is 5.75 Å². The number of nitrogens with zero attached hydrogens (tertiary/aromatic N) is 2. The van der Waals surface area contributed by atoms with Crippen LogP contribution in [-0.4, -0.2) is 27.6 Å². The van der Waals surface area contributed by atoms with Gasteiger partial charge in [0, 0.05) is 12.3 Å². The number of methoxy groups -OCH3 is 1. The Morgan fingerprint density at radius 3 is 2.88 bits per heavy atom. The molecule has 0 saturated carbocycles. The second-order valence-electron chi connectivity index (χ2n) is 2.87. The van der Waals surface area contributed by atoms with Crippen molar-refractivity contribution in [3.63, 3.8) is 0 Å². The van der Waals surface area contributed by atoms with Gasteiger partial charge in [0.15, 0.2) is 0 Å². The fraction of sp³-hybridized carbons (Fsp3) is 0.111. The molecule has 0 spiro atoms. The number of halogens is 2. The Morgan fingerprint density at radius 2 is 2.31 bits per heavy atom. The number of aromatic carboxylic acids is 1. The van der Waals surface area contributed by atoms with Crippen molar-refractivity contribution < 1.29 is 14.6 Å². The standard InChI is InChI=1S/C9H7BrN2O3.ClH/c1-15-6-2-8-11-3-7(10)12(8)4-5(6)9(13)14;/h2-4H,1H3,(H,13,14);1H. The fourth-order valence-electron chi connectivity index (χ4n) is 1.31. The van der Waals surface area contributed by atoms with E-state index in [1.165, 1.54) is 13.3 Å². The van der Waals surface area contributed by atoms with Gasteiger partial charge in [0.25, 0.3) is 0 Å². The van der Waals surface area contributed by atoms with E-state index < -0.39 is 5.97 Å². The highest BCUT2D eigenvalue weighted by Crippen LogP contribution is 2.23. The zero-order valence-electron chi connectivity index (χ0n) is 8.18. The van der Waals surface area contributed by atoms with Crippen LogP contribution in [0.2, 0.25) is 0 Å². The SMILES string of the molecule is COc1cc2ncc(Br)n2cc1C(=O)O.Cl. The molecule has 0 aliphatic heterocycles. The minimum Gasteiger partial charge on any atom is -0.496 e. The first-order chi connectivity index (χ1) is 7.13. The van der Waals surface area contributed by atoms with Crippen molar-refractivity contribution in [1.29, 1.82) is 0 Å². The van der Waals surface area contributed by atoms with Gasteiger partial charge in [0.05, 0.1) is 13.3 Å². The molecule has 0 amide bonds. The second kappa shape index (κ2) is 4.71. The summed E-state index contributed by atoms with van der Waals surface area (Å²) in [4.78, 5) is 15.0. The van der Waals surface area contributed by atoms with Crippen molar-refractivity contribution in [2.45, 2.75) is 0 Å². The Bertz CT molecular complexity index is 541. The molecule has 5 nitrogen and oxygen atoms in total. The fourth-order valence-corrected chi connectivity index (χ4v) is 1.69. The Hall–Kier alpha value is -1.27. The van der Waals surface area contributed by atoms with Crippen molar-refractivity contribution in [1.82, 2.24) is 9.38 Å². The Balaban J connectivity index is 0.00000128. The molecule has 2 aromatic rings. The molecule has 0 unspecified atom stereocenters. The van der Waals surface area contributed by atoms with E-state index in [9.17, 15) is 4.79 Å². The number of ether oxygens (including phenoxy) is 1. The summed E-state index contributed by atoms with van der Waals surface area (Å²) in [5, 5.41) is 8.96. The summed E-state index contributed by atoms with van der Waals surface area (Å²) in [6, 6.07) is 1.58. The van der Waals surface area contributed by atoms with Crippen LogP contribution in [0.4, 0.5) is 0 Å². The van der Waals surface area contributed by atoms with Gasteiger partial charge in [0.1, 0.15) is 21.6 Å². The van der Waals surface area contributed by atoms with Crippen LogP contribution in [0.25, 0.3) is 5.65 Å². The number of imidazole rings is 1. The average molecular weight is 308 g/mol. The number of carboxylic acid groups (broad SMARTS) is 1. The summed E-state index contributed by atoms with van der Waals surface area (Å²) in [5.41, 5.74) is 0.729. The molecule has 0 radical (unpaired) electrons. The molecular formula is C9H8BrClN2O3. The lowest BCUT2D eigenvalue weighted by Crippen LogP contribution is -2.03. The number of carbonyl (C=O) groups is 1. The average Bonchev–Trinajstić information content (AvgIpc) is 2.58. The molecule has 2 heterocycles. The second-order valence-corrected chi connectivity index (χ2v) is 3.68. The summed E-state index contributed by atoms with van der Waals surface area (Å²) in [7, 11) is 1.43. The molecule has 0 bridgehead atoms. The molecule has 0 fully saturated rings. The van der Waals surface area contributed by atoms with Gasteiger partial charge in [-0.3, -0.25) is 4.40 Å². The highest BCUT2D eigenvalue weighted by molar-refractivity contribution is 9.10. The van der Waals surface area contributed by atoms with Crippen LogP contribution in [0.3, 0.4) is 0 Å². The maximum Gasteiger partial charge on any atom is 0.341 e. The van der Waals surface area contributed by atoms with Crippen molar-refractivity contribution >= 4 is 40.0 Å². The summed E-state index contributed by atoms with van der Waals surface area (Å²) in [6.45, 7) is 0. The van der Waals surface area contributed by atoms with Gasteiger partial charge in [-0.15, -0.1) is 12.4 Å². The van der Waals surface area contributed by atoms with Crippen LogP contribution < -0.4 is 4.74 Å². The van der Waals surface area contributed by atoms with E-state index in [1.54, 1.807) is 16.7 Å². The summed E-state index contributed by atoms with van der Waals surface area (Å²) < 4.78 is 7.30. The molecule has 0 aromatic carbocycles. The maximum absolute atomic E-state index is 10.9. The van der Waals surface area contributed by atoms with Crippen LogP contribution in [0, 0.1) is 0 Å². The highest BCUT2D eigenvalue weighted by Gasteiger charge is 2.13. The third kappa shape index (κ3) is 1.98. The summed E-state index contributed by atoms with van der Waals surface area (Å²) in [5.74, 6) is -0.734. The van der Waals surface area contributed by atoms with Crippen molar-refractivity contribution in [2.75, 3.05) is 7.11 Å². The molecule has 16 heavy (non-hydrogen) atoms. The topological polar surface area (TPSA) is 63.8 Å². The van der Waals surface area contributed by atoms with Crippen LogP contribution in [0.5, 0.6) is 5.75 Å². The van der Waals surface area contributed by atoms with E-state index in [2.05, 4.69) is 20.9 Å². The monoisotopic (exact) mass is 306 g/mol. The van der Waals surface area contributed by atoms with Gasteiger partial charge in [0.2, 0.25) is 0 Å². The molecule has 0 saturated heterocycles. The Kier molecular flexibility index (Phi) is 3.77. The molecule has 0 atom stereocenters. The third-order valence-electron chi connectivity index (χ3n) is 2.01. The van der Waals surface area contributed by atoms with E-state index in [0.717, 1.165) is 0 Å². The van der Waals surface area contributed by atoms with Crippen LogP contribution >= 0.6 is 28.3 Å². The van der Waals surface area contributed by atoms with Gasteiger partial charge in [-0.2, -0.15) is 0 Å². The normalized spacial score (nSPS) is 9.88. The minimum atomic E-state index is -1.03. The largest absolute Gasteiger partial charge is 0.496 e. The van der Waals surface area contributed by atoms with Crippen molar-refractivity contribution in [2.24, 2.45) is 0 Å². The lowest BCUT2D eigenvalue weighted by atomic mass is 10.2. The zero-order chi connectivity index (χ0) is 11.0. The van der Waals surface area contributed by atoms with Crippen LogP contribution in [0.15, 0.2) is 23.1 Å². The first kappa shape index (κ1) is 12.8. The molecule has 7 heteroatoms. The summed E-state index contributed by atoms with van der Waals surface area (Å²) >= 11 is 3.26. The maximum atomic E-state index is 10.9. The molecule has 86 valence electrons. The quantitative estimate of drug-likeness (QED) is 0.924. The van der Waals surface area contributed by atoms with E-state index in [1.807, 2.05) is 0 Å². The number of fused-ring (bicyclic) bond motifs is 1. The molecule has 0 aliphatic carbocycles. The first-order valence-corrected chi connectivity index (χ1v) is 4.86. The number of rotatable bonds is 2. The van der Waals surface area contributed by atoms with Gasteiger partial charge >= 0.3 is 5.97 Å². The Labute approximate surface area is 106 Å². The molecule has 0 aliphatic rings. The summed E-state index contributed by atoms with van der Waals surface area (Å²) in [6.07, 6.45) is 3.06. The third-order valence-corrected chi connectivity index (χ3v) is 2.60. The smallest absolute Gasteiger partial charge is 0.341 e. The van der Waals surface area contributed by atoms with E-state index in [4.69, 9.17) is 9.84 Å². The van der Waals surface area contributed by atoms with E-state index >= 15 is 0 Å². The minimum absolute atomic E-state index is 0. The van der Waals surface area contributed by atoms with Crippen LogP contribution in [-0.2, 0) is 0 Å². The first-order valence-electron chi connectivity index (χ1n) is 4.07. The van der Waals surface area contributed by atoms with E-state index in [-0.39, 0.29) is 18.0 Å². The number of carboxylic acids is 1. The number of pyridine rings is 1. The zero-order valence-corrected chi connectivity index (χ0v) is 10.6. The molecule has 2 aromatic heterocycles. The lowest BCUT2D eigenvalue weighted by Gasteiger charge is -2.05. The van der Waals surface area contributed by atoms with Gasteiger partial charge in [-0.1, -0.05) is 0 Å². The number of aromatic nitrogens is 2. The predicted octanol–water partition coefficient (Wildman–Crippen LogP) is 2.23. The van der Waals surface area contributed by atoms with Gasteiger partial charge in [-0.25, -0.2) is 9.78 Å². The van der Waals surface area contributed by atoms with Crippen molar-refractivity contribution in [3.05, 3.63) is 28.6 Å². The van der Waals surface area contributed by atoms with Gasteiger partial charge in [-0.05, 0) is 15.9 Å². The predicted molar refractivity (Wildman–Crippen MR) is 63.7 cm³/mol. The van der Waals surface area contributed by atoms with E-state index in [0.29, 0.717) is 16.0 Å². The lowest BCUT2D eigenvalue weighted by molar-refractivity contribution is 0.0692. The number of hydrogen-bond donors (Lipinski definition) is 1. The number of hydrogen-bond acceptors (Lipinski definition) is 3. The highest BCUT2D eigenvalue weighted by atomic mass is 79.9. The van der Waals surface area contributed by atoms with Gasteiger partial charge < -0.3 is 9.84 Å². The molecule has 2 rings (SSSR count). The Morgan fingerprint density at radius 1 is 1.62 bits per heavy atom. The molecule has 1 N–H and O–H groups in total.